The van der Waals surface area contributed by atoms with Crippen molar-refractivity contribution in [3.8, 4) is 0 Å². The maximum absolute atomic E-state index is 13.8. The third-order valence-electron chi connectivity index (χ3n) is 5.91. The van der Waals surface area contributed by atoms with Gasteiger partial charge in [0.2, 0.25) is 5.95 Å². The van der Waals surface area contributed by atoms with Crippen LogP contribution in [0.15, 0.2) is 42.5 Å². The first-order valence-corrected chi connectivity index (χ1v) is 10.8. The predicted octanol–water partition coefficient (Wildman–Crippen LogP) is 4.37. The third-order valence-corrected chi connectivity index (χ3v) is 5.91. The summed E-state index contributed by atoms with van der Waals surface area (Å²) in [6.45, 7) is 0.443. The fraction of sp³-hybridized carbons (Fsp3) is 0.375. The molecule has 3 aromatic rings. The fourth-order valence-electron chi connectivity index (χ4n) is 4.16. The van der Waals surface area contributed by atoms with Gasteiger partial charge in [-0.15, -0.1) is 0 Å². The molecule has 0 spiro atoms. The normalized spacial score (nSPS) is 18.4. The highest BCUT2D eigenvalue weighted by Crippen LogP contribution is 2.28. The molecule has 32 heavy (non-hydrogen) atoms. The van der Waals surface area contributed by atoms with Gasteiger partial charge in [-0.25, -0.2) is 13.8 Å². The molecule has 0 unspecified atom stereocenters. The first-order valence-electron chi connectivity index (χ1n) is 10.8. The number of carbonyl (C=O) groups is 1. The fourth-order valence-corrected chi connectivity index (χ4v) is 4.16. The van der Waals surface area contributed by atoms with Gasteiger partial charge in [-0.05, 0) is 61.9 Å². The van der Waals surface area contributed by atoms with E-state index in [1.54, 1.807) is 0 Å². The number of nitrogens with zero attached hydrogens (tertiary/aromatic N) is 3. The van der Waals surface area contributed by atoms with E-state index in [-0.39, 0.29) is 11.6 Å². The molecule has 1 aliphatic rings. The zero-order valence-electron chi connectivity index (χ0n) is 18.2. The number of para-hydroxylation sites is 1. The maximum Gasteiger partial charge on any atom is 0.254 e. The molecule has 6 nitrogen and oxygen atoms in total. The summed E-state index contributed by atoms with van der Waals surface area (Å²) in [7, 11) is 3.93. The minimum atomic E-state index is -0.718. The second-order valence-corrected chi connectivity index (χ2v) is 8.48. The highest BCUT2D eigenvalue weighted by Gasteiger charge is 2.23. The first kappa shape index (κ1) is 21.9. The predicted molar refractivity (Wildman–Crippen MR) is 122 cm³/mol. The maximum atomic E-state index is 13.8. The Balaban J connectivity index is 1.32. The Morgan fingerprint density at radius 1 is 1.06 bits per heavy atom. The minimum absolute atomic E-state index is 0.249. The van der Waals surface area contributed by atoms with E-state index in [4.69, 9.17) is 4.98 Å². The zero-order valence-corrected chi connectivity index (χ0v) is 18.2. The smallest absolute Gasteiger partial charge is 0.254 e. The molecule has 4 rings (SSSR count). The molecule has 1 fully saturated rings. The number of anilines is 2. The summed E-state index contributed by atoms with van der Waals surface area (Å²) in [4.78, 5) is 23.6. The van der Waals surface area contributed by atoms with Gasteiger partial charge in [0.05, 0.1) is 11.1 Å². The van der Waals surface area contributed by atoms with E-state index in [1.165, 1.54) is 0 Å². The van der Waals surface area contributed by atoms with Crippen LogP contribution in [0.4, 0.5) is 20.5 Å². The summed E-state index contributed by atoms with van der Waals surface area (Å²) < 4.78 is 27.1. The van der Waals surface area contributed by atoms with Crippen molar-refractivity contribution in [1.82, 2.24) is 15.3 Å². The number of carbonyl (C=O) groups excluding carboxylic acids is 1. The van der Waals surface area contributed by atoms with Crippen LogP contribution in [0.1, 0.15) is 36.0 Å². The lowest BCUT2D eigenvalue weighted by atomic mass is 9.86. The lowest BCUT2D eigenvalue weighted by Gasteiger charge is -2.29. The Morgan fingerprint density at radius 3 is 2.56 bits per heavy atom. The molecule has 0 bridgehead atoms. The van der Waals surface area contributed by atoms with Crippen molar-refractivity contribution in [2.45, 2.75) is 31.7 Å². The van der Waals surface area contributed by atoms with Crippen LogP contribution >= 0.6 is 0 Å². The molecule has 1 aliphatic carbocycles. The molecule has 1 saturated carbocycles. The van der Waals surface area contributed by atoms with E-state index in [0.29, 0.717) is 18.4 Å². The molecule has 1 amide bonds. The number of hydrogen-bond acceptors (Lipinski definition) is 5. The van der Waals surface area contributed by atoms with Gasteiger partial charge in [-0.2, -0.15) is 4.98 Å². The topological polar surface area (TPSA) is 70.2 Å². The molecule has 0 atom stereocenters. The number of nitrogens with one attached hydrogen (secondary N) is 2. The number of aromatic nitrogens is 2. The number of benzene rings is 2. The van der Waals surface area contributed by atoms with Crippen LogP contribution < -0.4 is 15.5 Å². The molecule has 0 saturated heterocycles. The quantitative estimate of drug-likeness (QED) is 0.597. The van der Waals surface area contributed by atoms with E-state index in [0.717, 1.165) is 60.6 Å². The average molecular weight is 440 g/mol. The molecule has 1 aromatic heterocycles. The average Bonchev–Trinajstić information content (AvgIpc) is 2.79. The van der Waals surface area contributed by atoms with Crippen molar-refractivity contribution in [3.05, 3.63) is 59.7 Å². The lowest BCUT2D eigenvalue weighted by molar-refractivity contribution is 0.0938. The number of amides is 1. The Bertz CT molecular complexity index is 1110. The minimum Gasteiger partial charge on any atom is -0.362 e. The molecule has 0 radical (unpaired) electrons. The van der Waals surface area contributed by atoms with Gasteiger partial charge in [-0.1, -0.05) is 12.1 Å². The summed E-state index contributed by atoms with van der Waals surface area (Å²) in [5, 5.41) is 7.22. The van der Waals surface area contributed by atoms with E-state index < -0.39 is 17.5 Å². The van der Waals surface area contributed by atoms with Gasteiger partial charge in [0, 0.05) is 32.1 Å². The number of fused-ring (bicyclic) bond motifs is 1. The zero-order chi connectivity index (χ0) is 22.7. The second kappa shape index (κ2) is 9.46. The van der Waals surface area contributed by atoms with Crippen molar-refractivity contribution in [1.29, 1.82) is 0 Å². The van der Waals surface area contributed by atoms with Crippen molar-refractivity contribution in [2.24, 2.45) is 5.92 Å². The standard InChI is InChI=1S/C24H27F2N5O/c1-31(2)22-18-5-3-4-6-21(18)29-24(30-22)28-17-10-7-15(8-11-17)14-27-23(32)19-13-16(25)9-12-20(19)26/h3-6,9,12-13,15,17H,7-8,10-11,14H2,1-2H3,(H,27,32)(H,28,29,30). The first-order chi connectivity index (χ1) is 15.4. The number of rotatable bonds is 6. The molecular weight excluding hydrogens is 412 g/mol. The summed E-state index contributed by atoms with van der Waals surface area (Å²) in [5.41, 5.74) is 0.639. The van der Waals surface area contributed by atoms with Crippen LogP contribution in [0, 0.1) is 17.6 Å². The molecule has 168 valence electrons. The van der Waals surface area contributed by atoms with Crippen LogP contribution in [-0.2, 0) is 0 Å². The van der Waals surface area contributed by atoms with Gasteiger partial charge in [0.15, 0.2) is 0 Å². The van der Waals surface area contributed by atoms with Gasteiger partial charge in [0.25, 0.3) is 5.91 Å². The monoisotopic (exact) mass is 439 g/mol. The van der Waals surface area contributed by atoms with Crippen LogP contribution in [0.5, 0.6) is 0 Å². The van der Waals surface area contributed by atoms with Crippen molar-refractivity contribution in [3.63, 3.8) is 0 Å². The van der Waals surface area contributed by atoms with Crippen LogP contribution in [0.3, 0.4) is 0 Å². The van der Waals surface area contributed by atoms with E-state index >= 15 is 0 Å². The van der Waals surface area contributed by atoms with E-state index in [2.05, 4.69) is 15.6 Å². The van der Waals surface area contributed by atoms with Crippen molar-refractivity contribution < 1.29 is 13.6 Å². The highest BCUT2D eigenvalue weighted by molar-refractivity contribution is 5.94. The third kappa shape index (κ3) is 4.95. The number of halogens is 2. The van der Waals surface area contributed by atoms with E-state index in [1.807, 2.05) is 43.3 Å². The Morgan fingerprint density at radius 2 is 1.81 bits per heavy atom. The molecule has 0 aliphatic heterocycles. The van der Waals surface area contributed by atoms with Crippen LogP contribution in [0.25, 0.3) is 10.9 Å². The molecular formula is C24H27F2N5O. The number of hydrogen-bond donors (Lipinski definition) is 2. The SMILES string of the molecule is CN(C)c1nc(NC2CCC(CNC(=O)c3cc(F)ccc3F)CC2)nc2ccccc12. The molecule has 1 heterocycles. The van der Waals surface area contributed by atoms with Gasteiger partial charge < -0.3 is 15.5 Å². The Hall–Kier alpha value is -3.29. The summed E-state index contributed by atoms with van der Waals surface area (Å²) in [6.07, 6.45) is 3.67. The second-order valence-electron chi connectivity index (χ2n) is 8.48. The lowest BCUT2D eigenvalue weighted by Crippen LogP contribution is -2.34. The Labute approximate surface area is 186 Å². The van der Waals surface area contributed by atoms with Crippen molar-refractivity contribution in [2.75, 3.05) is 30.9 Å². The summed E-state index contributed by atoms with van der Waals surface area (Å²) >= 11 is 0. The molecule has 2 N–H and O–H groups in total. The summed E-state index contributed by atoms with van der Waals surface area (Å²) in [6, 6.07) is 11.1. The van der Waals surface area contributed by atoms with Gasteiger partial charge >= 0.3 is 0 Å². The summed E-state index contributed by atoms with van der Waals surface area (Å²) in [5.74, 6) is -0.142. The van der Waals surface area contributed by atoms with Gasteiger partial charge in [-0.3, -0.25) is 4.79 Å². The Kier molecular flexibility index (Phi) is 6.48. The van der Waals surface area contributed by atoms with Crippen LogP contribution in [-0.4, -0.2) is 42.6 Å². The van der Waals surface area contributed by atoms with Crippen LogP contribution in [0.2, 0.25) is 0 Å². The van der Waals surface area contributed by atoms with Crippen molar-refractivity contribution >= 4 is 28.6 Å². The highest BCUT2D eigenvalue weighted by atomic mass is 19.1. The van der Waals surface area contributed by atoms with Gasteiger partial charge in [0.1, 0.15) is 17.5 Å². The largest absolute Gasteiger partial charge is 0.362 e. The molecule has 2 aromatic carbocycles. The van der Waals surface area contributed by atoms with E-state index in [9.17, 15) is 13.6 Å². The molecule has 8 heteroatoms.